The zero-order chi connectivity index (χ0) is 19.3. The van der Waals surface area contributed by atoms with Gasteiger partial charge in [-0.3, -0.25) is 4.79 Å². The molecule has 0 aliphatic carbocycles. The van der Waals surface area contributed by atoms with Crippen LogP contribution in [0, 0.1) is 5.92 Å². The molecule has 0 saturated heterocycles. The second-order valence-electron chi connectivity index (χ2n) is 8.27. The second kappa shape index (κ2) is 20.8. The van der Waals surface area contributed by atoms with Crippen LogP contribution < -0.4 is 0 Å². The molecule has 2 heteroatoms. The first-order valence-corrected chi connectivity index (χ1v) is 11.9. The Labute approximate surface area is 164 Å². The van der Waals surface area contributed by atoms with Gasteiger partial charge in [0.05, 0.1) is 5.92 Å². The van der Waals surface area contributed by atoms with Gasteiger partial charge in [0.1, 0.15) is 0 Å². The van der Waals surface area contributed by atoms with Gasteiger partial charge in [-0.05, 0) is 12.8 Å². The van der Waals surface area contributed by atoms with Crippen LogP contribution in [0.2, 0.25) is 0 Å². The van der Waals surface area contributed by atoms with Crippen LogP contribution in [-0.4, -0.2) is 11.1 Å². The van der Waals surface area contributed by atoms with Crippen molar-refractivity contribution in [1.82, 2.24) is 0 Å². The molecule has 1 unspecified atom stereocenters. The molecule has 0 aromatic rings. The Morgan fingerprint density at radius 1 is 0.538 bits per heavy atom. The molecule has 0 spiro atoms. The molecule has 0 radical (unpaired) electrons. The highest BCUT2D eigenvalue weighted by Crippen LogP contribution is 2.19. The fourth-order valence-corrected chi connectivity index (χ4v) is 3.79. The van der Waals surface area contributed by atoms with Crippen molar-refractivity contribution in [2.75, 3.05) is 0 Å². The summed E-state index contributed by atoms with van der Waals surface area (Å²) in [5, 5.41) is 9.37. The number of carbonyl (C=O) groups is 1. The molecular weight excluding hydrogens is 320 g/mol. The number of aliphatic carboxylic acids is 1. The Bertz CT molecular complexity index is 288. The lowest BCUT2D eigenvalue weighted by Crippen LogP contribution is -2.13. The van der Waals surface area contributed by atoms with Crippen molar-refractivity contribution in [1.29, 1.82) is 0 Å². The van der Waals surface area contributed by atoms with Gasteiger partial charge < -0.3 is 5.11 Å². The maximum absolute atomic E-state index is 11.4. The van der Waals surface area contributed by atoms with Gasteiger partial charge in [0.25, 0.3) is 0 Å². The lowest BCUT2D eigenvalue weighted by atomic mass is 9.94. The summed E-state index contributed by atoms with van der Waals surface area (Å²) in [5.74, 6) is -0.663. The van der Waals surface area contributed by atoms with Gasteiger partial charge in [0.15, 0.2) is 0 Å². The zero-order valence-corrected chi connectivity index (χ0v) is 18.1. The Hall–Kier alpha value is -0.530. The van der Waals surface area contributed by atoms with E-state index >= 15 is 0 Å². The third kappa shape index (κ3) is 18.3. The van der Waals surface area contributed by atoms with Crippen molar-refractivity contribution < 1.29 is 9.90 Å². The van der Waals surface area contributed by atoms with Gasteiger partial charge >= 0.3 is 5.97 Å². The fourth-order valence-electron chi connectivity index (χ4n) is 3.79. The smallest absolute Gasteiger partial charge is 0.306 e. The number of hydrogen-bond donors (Lipinski definition) is 1. The van der Waals surface area contributed by atoms with Crippen molar-refractivity contribution in [3.8, 4) is 0 Å². The fraction of sp³-hybridized carbons (Fsp3) is 0.958. The lowest BCUT2D eigenvalue weighted by molar-refractivity contribution is -0.142. The Balaban J connectivity index is 3.38. The molecule has 0 aromatic heterocycles. The number of hydrogen-bond acceptors (Lipinski definition) is 1. The Morgan fingerprint density at radius 2 is 0.808 bits per heavy atom. The van der Waals surface area contributed by atoms with E-state index < -0.39 is 5.97 Å². The monoisotopic (exact) mass is 368 g/mol. The average molecular weight is 369 g/mol. The number of unbranched alkanes of at least 4 members (excludes halogenated alkanes) is 16. The molecule has 1 N–H and O–H groups in total. The summed E-state index contributed by atoms with van der Waals surface area (Å²) in [6.45, 7) is 4.49. The summed E-state index contributed by atoms with van der Waals surface area (Å²) >= 11 is 0. The molecule has 26 heavy (non-hydrogen) atoms. The molecule has 0 amide bonds. The molecule has 0 bridgehead atoms. The largest absolute Gasteiger partial charge is 0.481 e. The standard InChI is InChI=1S/C24H48O2/c1-3-5-7-9-10-11-12-13-14-15-16-18-20-22-23(24(25)26)21-19-17-8-6-4-2/h23H,3-22H2,1-2H3,(H,25,26). The van der Waals surface area contributed by atoms with E-state index in [1.807, 2.05) is 0 Å². The number of carboxylic acids is 1. The predicted octanol–water partition coefficient (Wildman–Crippen LogP) is 8.53. The minimum Gasteiger partial charge on any atom is -0.481 e. The summed E-state index contributed by atoms with van der Waals surface area (Å²) in [4.78, 5) is 11.4. The van der Waals surface area contributed by atoms with Crippen molar-refractivity contribution in [3.63, 3.8) is 0 Å². The predicted molar refractivity (Wildman–Crippen MR) is 115 cm³/mol. The van der Waals surface area contributed by atoms with Crippen LogP contribution in [0.25, 0.3) is 0 Å². The maximum Gasteiger partial charge on any atom is 0.306 e. The average Bonchev–Trinajstić information content (AvgIpc) is 2.63. The summed E-state index contributed by atoms with van der Waals surface area (Å²) in [6.07, 6.45) is 25.4. The zero-order valence-electron chi connectivity index (χ0n) is 18.1. The van der Waals surface area contributed by atoms with Gasteiger partial charge in [-0.25, -0.2) is 0 Å². The Kier molecular flexibility index (Phi) is 20.4. The van der Waals surface area contributed by atoms with Crippen LogP contribution in [0.4, 0.5) is 0 Å². The molecule has 156 valence electrons. The van der Waals surface area contributed by atoms with E-state index in [4.69, 9.17) is 0 Å². The lowest BCUT2D eigenvalue weighted by Gasteiger charge is -2.12. The van der Waals surface area contributed by atoms with E-state index in [1.165, 1.54) is 103 Å². The number of carboxylic acid groups (broad SMARTS) is 1. The van der Waals surface area contributed by atoms with E-state index in [1.54, 1.807) is 0 Å². The van der Waals surface area contributed by atoms with Crippen LogP contribution in [0.1, 0.15) is 142 Å². The summed E-state index contributed by atoms with van der Waals surface area (Å²) in [6, 6.07) is 0. The number of rotatable bonds is 21. The highest BCUT2D eigenvalue weighted by atomic mass is 16.4. The molecule has 0 aromatic carbocycles. The van der Waals surface area contributed by atoms with E-state index in [0.29, 0.717) is 0 Å². The van der Waals surface area contributed by atoms with Crippen molar-refractivity contribution in [2.45, 2.75) is 142 Å². The van der Waals surface area contributed by atoms with Crippen molar-refractivity contribution >= 4 is 5.97 Å². The highest BCUT2D eigenvalue weighted by Gasteiger charge is 2.16. The SMILES string of the molecule is CCCCCCCCCCCCCCCC(CCCCCCC)C(=O)O. The quantitative estimate of drug-likeness (QED) is 0.206. The van der Waals surface area contributed by atoms with Crippen molar-refractivity contribution in [3.05, 3.63) is 0 Å². The van der Waals surface area contributed by atoms with Gasteiger partial charge in [0.2, 0.25) is 0 Å². The highest BCUT2D eigenvalue weighted by molar-refractivity contribution is 5.69. The molecule has 0 aliphatic rings. The van der Waals surface area contributed by atoms with Gasteiger partial charge in [0, 0.05) is 0 Å². The minimum absolute atomic E-state index is 0.0932. The molecule has 0 aliphatic heterocycles. The molecule has 0 fully saturated rings. The molecular formula is C24H48O2. The molecule has 0 saturated carbocycles. The van der Waals surface area contributed by atoms with Crippen LogP contribution in [-0.2, 0) is 4.79 Å². The Morgan fingerprint density at radius 3 is 1.08 bits per heavy atom. The van der Waals surface area contributed by atoms with Crippen LogP contribution >= 0.6 is 0 Å². The molecule has 1 atom stereocenters. The maximum atomic E-state index is 11.4. The van der Waals surface area contributed by atoms with E-state index in [2.05, 4.69) is 13.8 Å². The molecule has 0 rings (SSSR count). The van der Waals surface area contributed by atoms with Crippen LogP contribution in [0.5, 0.6) is 0 Å². The third-order valence-electron chi connectivity index (χ3n) is 5.66. The first-order chi connectivity index (χ1) is 12.7. The topological polar surface area (TPSA) is 37.3 Å². The second-order valence-corrected chi connectivity index (χ2v) is 8.27. The van der Waals surface area contributed by atoms with Crippen molar-refractivity contribution in [2.24, 2.45) is 5.92 Å². The molecule has 2 nitrogen and oxygen atoms in total. The van der Waals surface area contributed by atoms with Crippen LogP contribution in [0.3, 0.4) is 0 Å². The van der Waals surface area contributed by atoms with E-state index in [-0.39, 0.29) is 5.92 Å². The normalized spacial score (nSPS) is 12.4. The summed E-state index contributed by atoms with van der Waals surface area (Å²) < 4.78 is 0. The van der Waals surface area contributed by atoms with Gasteiger partial charge in [-0.2, -0.15) is 0 Å². The minimum atomic E-state index is -0.570. The third-order valence-corrected chi connectivity index (χ3v) is 5.66. The van der Waals surface area contributed by atoms with Gasteiger partial charge in [-0.1, -0.05) is 129 Å². The summed E-state index contributed by atoms with van der Waals surface area (Å²) in [5.41, 5.74) is 0. The molecule has 0 heterocycles. The van der Waals surface area contributed by atoms with E-state index in [0.717, 1.165) is 25.7 Å². The van der Waals surface area contributed by atoms with Gasteiger partial charge in [-0.15, -0.1) is 0 Å². The summed E-state index contributed by atoms with van der Waals surface area (Å²) in [7, 11) is 0. The van der Waals surface area contributed by atoms with E-state index in [9.17, 15) is 9.90 Å². The van der Waals surface area contributed by atoms with Crippen LogP contribution in [0.15, 0.2) is 0 Å². The first-order valence-electron chi connectivity index (χ1n) is 11.9. The first kappa shape index (κ1) is 25.5.